The van der Waals surface area contributed by atoms with Gasteiger partial charge in [-0.2, -0.15) is 13.2 Å². The molecule has 1 N–H and O–H groups in total. The zero-order chi connectivity index (χ0) is 22.6. The van der Waals surface area contributed by atoms with Gasteiger partial charge in [0.2, 0.25) is 5.91 Å². The number of nitrogens with one attached hydrogen (secondary N) is 1. The number of nitrogens with zero attached hydrogens (tertiary/aromatic N) is 2. The van der Waals surface area contributed by atoms with E-state index in [1.54, 1.807) is 49.4 Å². The van der Waals surface area contributed by atoms with Gasteiger partial charge in [-0.25, -0.2) is 4.98 Å². The molecular formula is C21H19ClF3N3O2S. The third-order valence-electron chi connectivity index (χ3n) is 4.30. The largest absolute Gasteiger partial charge is 0.495 e. The number of carbonyl (C=O) groups is 1. The van der Waals surface area contributed by atoms with Crippen LogP contribution in [-0.4, -0.2) is 34.0 Å². The lowest BCUT2D eigenvalue weighted by molar-refractivity contribution is -0.141. The second-order valence-corrected chi connectivity index (χ2v) is 8.33. The Morgan fingerprint density at radius 1 is 1.26 bits per heavy atom. The predicted molar refractivity (Wildman–Crippen MR) is 116 cm³/mol. The van der Waals surface area contributed by atoms with Gasteiger partial charge in [0.1, 0.15) is 12.3 Å². The monoisotopic (exact) mass is 469 g/mol. The van der Waals surface area contributed by atoms with Gasteiger partial charge in [0.15, 0.2) is 5.16 Å². The fourth-order valence-electron chi connectivity index (χ4n) is 2.85. The second kappa shape index (κ2) is 9.65. The summed E-state index contributed by atoms with van der Waals surface area (Å²) in [6.07, 6.45) is -3.06. The zero-order valence-corrected chi connectivity index (χ0v) is 18.2. The van der Waals surface area contributed by atoms with Crippen molar-refractivity contribution in [3.05, 3.63) is 59.8 Å². The molecule has 1 aromatic heterocycles. The molecule has 0 radical (unpaired) electrons. The molecule has 0 saturated heterocycles. The Morgan fingerprint density at radius 3 is 2.61 bits per heavy atom. The number of amides is 1. The number of rotatable bonds is 7. The van der Waals surface area contributed by atoms with Crippen molar-refractivity contribution >= 4 is 35.0 Å². The van der Waals surface area contributed by atoms with E-state index in [9.17, 15) is 18.0 Å². The lowest BCUT2D eigenvalue weighted by Crippen LogP contribution is -2.24. The van der Waals surface area contributed by atoms with E-state index in [2.05, 4.69) is 10.3 Å². The maximum absolute atomic E-state index is 13.2. The van der Waals surface area contributed by atoms with E-state index >= 15 is 0 Å². The summed E-state index contributed by atoms with van der Waals surface area (Å²) in [4.78, 5) is 16.8. The van der Waals surface area contributed by atoms with Crippen LogP contribution in [0.15, 0.2) is 59.9 Å². The molecule has 31 heavy (non-hydrogen) atoms. The Balaban J connectivity index is 1.84. The van der Waals surface area contributed by atoms with Crippen LogP contribution in [0.25, 0.3) is 11.3 Å². The molecule has 0 spiro atoms. The summed E-state index contributed by atoms with van der Waals surface area (Å²) in [6, 6.07) is 13.4. The Kier molecular flexibility index (Phi) is 7.17. The molecule has 1 heterocycles. The highest BCUT2D eigenvalue weighted by Gasteiger charge is 2.31. The number of thioether (sulfide) groups is 1. The molecule has 0 fully saturated rings. The molecule has 164 valence electrons. The standard InChI is InChI=1S/C21H19ClF3N3O2S/c1-13(19(29)27-16-10-15(22)8-9-18(16)30-2)31-20-26-11-17(14-6-4-3-5-7-14)28(20)12-21(23,24)25/h3-11,13H,12H2,1-2H3,(H,27,29). The second-order valence-electron chi connectivity index (χ2n) is 6.59. The van der Waals surface area contributed by atoms with Gasteiger partial charge < -0.3 is 14.6 Å². The molecule has 3 aromatic rings. The molecule has 1 unspecified atom stereocenters. The van der Waals surface area contributed by atoms with Crippen LogP contribution in [-0.2, 0) is 11.3 Å². The number of methoxy groups -OCH3 is 1. The average molecular weight is 470 g/mol. The van der Waals surface area contributed by atoms with E-state index in [0.29, 0.717) is 27.7 Å². The summed E-state index contributed by atoms with van der Waals surface area (Å²) in [6.45, 7) is 0.377. The van der Waals surface area contributed by atoms with Crippen LogP contribution in [0.1, 0.15) is 6.92 Å². The number of halogens is 4. The molecule has 5 nitrogen and oxygen atoms in total. The lowest BCUT2D eigenvalue weighted by atomic mass is 10.2. The summed E-state index contributed by atoms with van der Waals surface area (Å²) < 4.78 is 46.0. The van der Waals surface area contributed by atoms with Crippen LogP contribution in [0.2, 0.25) is 5.02 Å². The summed E-state index contributed by atoms with van der Waals surface area (Å²) in [5.41, 5.74) is 1.30. The molecule has 2 aromatic carbocycles. The molecule has 0 aliphatic rings. The number of anilines is 1. The highest BCUT2D eigenvalue weighted by Crippen LogP contribution is 2.33. The van der Waals surface area contributed by atoms with Crippen LogP contribution in [0.5, 0.6) is 5.75 Å². The van der Waals surface area contributed by atoms with Gasteiger partial charge in [0.25, 0.3) is 0 Å². The van der Waals surface area contributed by atoms with Gasteiger partial charge in [0.05, 0.1) is 29.9 Å². The third-order valence-corrected chi connectivity index (χ3v) is 5.64. The summed E-state index contributed by atoms with van der Waals surface area (Å²) in [7, 11) is 1.45. The molecule has 3 rings (SSSR count). The molecule has 0 aliphatic carbocycles. The first kappa shape index (κ1) is 23.0. The summed E-state index contributed by atoms with van der Waals surface area (Å²) in [5.74, 6) is -0.00623. The fraction of sp³-hybridized carbons (Fsp3) is 0.238. The first-order valence-electron chi connectivity index (χ1n) is 9.16. The van der Waals surface area contributed by atoms with Crippen molar-refractivity contribution in [2.75, 3.05) is 12.4 Å². The van der Waals surface area contributed by atoms with Crippen molar-refractivity contribution < 1.29 is 22.7 Å². The van der Waals surface area contributed by atoms with Crippen molar-refractivity contribution in [2.24, 2.45) is 0 Å². The molecule has 0 aliphatic heterocycles. The number of aromatic nitrogens is 2. The molecular weight excluding hydrogens is 451 g/mol. The minimum Gasteiger partial charge on any atom is -0.495 e. The molecule has 10 heteroatoms. The van der Waals surface area contributed by atoms with Crippen LogP contribution >= 0.6 is 23.4 Å². The number of hydrogen-bond acceptors (Lipinski definition) is 4. The minimum atomic E-state index is -4.45. The van der Waals surface area contributed by atoms with Crippen molar-refractivity contribution in [1.29, 1.82) is 0 Å². The van der Waals surface area contributed by atoms with Gasteiger partial charge in [0, 0.05) is 5.02 Å². The van der Waals surface area contributed by atoms with Crippen molar-refractivity contribution in [2.45, 2.75) is 30.1 Å². The summed E-state index contributed by atoms with van der Waals surface area (Å²) in [5, 5.41) is 2.47. The number of alkyl halides is 3. The Bertz CT molecular complexity index is 1060. The van der Waals surface area contributed by atoms with E-state index in [1.165, 1.54) is 19.4 Å². The van der Waals surface area contributed by atoms with Crippen molar-refractivity contribution in [3.8, 4) is 17.0 Å². The maximum atomic E-state index is 13.2. The summed E-state index contributed by atoms with van der Waals surface area (Å²) >= 11 is 6.92. The first-order chi connectivity index (χ1) is 14.7. The van der Waals surface area contributed by atoms with Gasteiger partial charge in [-0.3, -0.25) is 4.79 Å². The predicted octanol–water partition coefficient (Wildman–Crippen LogP) is 5.89. The van der Waals surface area contributed by atoms with Gasteiger partial charge >= 0.3 is 6.18 Å². The van der Waals surface area contributed by atoms with Crippen LogP contribution < -0.4 is 10.1 Å². The van der Waals surface area contributed by atoms with E-state index in [1.807, 2.05) is 0 Å². The topological polar surface area (TPSA) is 56.1 Å². The smallest absolute Gasteiger partial charge is 0.406 e. The SMILES string of the molecule is COc1ccc(Cl)cc1NC(=O)C(C)Sc1ncc(-c2ccccc2)n1CC(F)(F)F. The molecule has 1 amide bonds. The highest BCUT2D eigenvalue weighted by molar-refractivity contribution is 8.00. The van der Waals surface area contributed by atoms with Crippen molar-refractivity contribution in [1.82, 2.24) is 9.55 Å². The number of ether oxygens (including phenoxy) is 1. The Morgan fingerprint density at radius 2 is 1.97 bits per heavy atom. The van der Waals surface area contributed by atoms with Crippen LogP contribution in [0, 0.1) is 0 Å². The number of carbonyl (C=O) groups excluding carboxylic acids is 1. The average Bonchev–Trinajstić information content (AvgIpc) is 3.09. The zero-order valence-electron chi connectivity index (χ0n) is 16.6. The quantitative estimate of drug-likeness (QED) is 0.438. The first-order valence-corrected chi connectivity index (χ1v) is 10.4. The molecule has 0 saturated carbocycles. The van der Waals surface area contributed by atoms with E-state index < -0.39 is 23.9 Å². The molecule has 0 bridgehead atoms. The normalized spacial score (nSPS) is 12.5. The van der Waals surface area contributed by atoms with Gasteiger partial charge in [-0.05, 0) is 30.7 Å². The number of imidazole rings is 1. The lowest BCUT2D eigenvalue weighted by Gasteiger charge is -2.17. The van der Waals surface area contributed by atoms with Crippen molar-refractivity contribution in [3.63, 3.8) is 0 Å². The van der Waals surface area contributed by atoms with Gasteiger partial charge in [-0.15, -0.1) is 0 Å². The Hall–Kier alpha value is -2.65. The molecule has 1 atom stereocenters. The third kappa shape index (κ3) is 5.95. The van der Waals surface area contributed by atoms with Crippen LogP contribution in [0.4, 0.5) is 18.9 Å². The maximum Gasteiger partial charge on any atom is 0.406 e. The minimum absolute atomic E-state index is 0.0943. The highest BCUT2D eigenvalue weighted by atomic mass is 35.5. The Labute approximate surface area is 186 Å². The fourth-order valence-corrected chi connectivity index (χ4v) is 3.91. The van der Waals surface area contributed by atoms with E-state index in [0.717, 1.165) is 16.3 Å². The number of hydrogen-bond donors (Lipinski definition) is 1. The van der Waals surface area contributed by atoms with E-state index in [-0.39, 0.29) is 5.16 Å². The number of benzene rings is 2. The van der Waals surface area contributed by atoms with E-state index in [4.69, 9.17) is 16.3 Å². The van der Waals surface area contributed by atoms with Crippen LogP contribution in [0.3, 0.4) is 0 Å². The van der Waals surface area contributed by atoms with Gasteiger partial charge in [-0.1, -0.05) is 53.7 Å².